The zero-order valence-corrected chi connectivity index (χ0v) is 9.03. The predicted molar refractivity (Wildman–Crippen MR) is 59.0 cm³/mol. The van der Waals surface area contributed by atoms with Crippen molar-refractivity contribution in [1.29, 1.82) is 0 Å². The zero-order chi connectivity index (χ0) is 10.8. The van der Waals surface area contributed by atoms with Crippen LogP contribution in [0.25, 0.3) is 0 Å². The van der Waals surface area contributed by atoms with E-state index in [1.54, 1.807) is 18.2 Å². The average Bonchev–Trinajstić information content (AvgIpc) is 2.65. The van der Waals surface area contributed by atoms with Gasteiger partial charge in [-0.15, -0.1) is 0 Å². The first-order valence-electron chi connectivity index (χ1n) is 4.67. The molecule has 3 heteroatoms. The molecule has 78 valence electrons. The fourth-order valence-electron chi connectivity index (χ4n) is 1.45. The van der Waals surface area contributed by atoms with E-state index in [-0.39, 0.29) is 0 Å². The third kappa shape index (κ3) is 2.06. The van der Waals surface area contributed by atoms with Gasteiger partial charge in [0.05, 0.1) is 0 Å². The largest absolute Gasteiger partial charge is 0.463 e. The maximum absolute atomic E-state index is 10.0. The Morgan fingerprint density at radius 1 is 1.20 bits per heavy atom. The molecule has 2 aromatic rings. The highest BCUT2D eigenvalue weighted by molar-refractivity contribution is 6.31. The van der Waals surface area contributed by atoms with Gasteiger partial charge in [-0.1, -0.05) is 29.8 Å². The van der Waals surface area contributed by atoms with E-state index in [4.69, 9.17) is 16.0 Å². The number of hydrogen-bond donors (Lipinski definition) is 1. The minimum atomic E-state index is -0.799. The summed E-state index contributed by atoms with van der Waals surface area (Å²) in [6.07, 6.45) is -0.799. The second-order valence-corrected chi connectivity index (χ2v) is 3.78. The molecule has 1 aromatic heterocycles. The monoisotopic (exact) mass is 222 g/mol. The number of aliphatic hydroxyl groups excluding tert-OH is 1. The molecule has 0 amide bonds. The summed E-state index contributed by atoms with van der Waals surface area (Å²) in [5, 5.41) is 10.5. The van der Waals surface area contributed by atoms with Crippen LogP contribution in [0, 0.1) is 6.92 Å². The lowest BCUT2D eigenvalue weighted by atomic mass is 10.1. The summed E-state index contributed by atoms with van der Waals surface area (Å²) >= 11 is 5.97. The Kier molecular flexibility index (Phi) is 2.80. The number of aliphatic hydroxyl groups is 1. The topological polar surface area (TPSA) is 33.4 Å². The van der Waals surface area contributed by atoms with Gasteiger partial charge in [0.2, 0.25) is 0 Å². The average molecular weight is 223 g/mol. The van der Waals surface area contributed by atoms with Crippen molar-refractivity contribution in [3.63, 3.8) is 0 Å². The van der Waals surface area contributed by atoms with E-state index in [0.717, 1.165) is 5.76 Å². The summed E-state index contributed by atoms with van der Waals surface area (Å²) in [4.78, 5) is 0. The molecule has 0 spiro atoms. The van der Waals surface area contributed by atoms with Crippen LogP contribution < -0.4 is 0 Å². The van der Waals surface area contributed by atoms with Crippen LogP contribution in [-0.4, -0.2) is 5.11 Å². The molecule has 1 atom stereocenters. The molecule has 0 radical (unpaired) electrons. The molecule has 15 heavy (non-hydrogen) atoms. The van der Waals surface area contributed by atoms with Gasteiger partial charge in [-0.05, 0) is 25.1 Å². The summed E-state index contributed by atoms with van der Waals surface area (Å²) in [7, 11) is 0. The molecule has 0 saturated carbocycles. The molecule has 0 aliphatic heterocycles. The Morgan fingerprint density at radius 3 is 2.53 bits per heavy atom. The molecule has 2 nitrogen and oxygen atoms in total. The Morgan fingerprint density at radius 2 is 1.93 bits per heavy atom. The summed E-state index contributed by atoms with van der Waals surface area (Å²) in [6, 6.07) is 10.8. The first-order chi connectivity index (χ1) is 7.18. The standard InChI is InChI=1S/C12H11ClO2/c1-8-6-7-11(15-8)12(14)9-4-2-3-5-10(9)13/h2-7,12,14H,1H3. The van der Waals surface area contributed by atoms with Crippen molar-refractivity contribution >= 4 is 11.6 Å². The third-order valence-electron chi connectivity index (χ3n) is 2.23. The smallest absolute Gasteiger partial charge is 0.138 e. The maximum atomic E-state index is 10.0. The van der Waals surface area contributed by atoms with E-state index in [0.29, 0.717) is 16.3 Å². The van der Waals surface area contributed by atoms with Crippen molar-refractivity contribution in [2.45, 2.75) is 13.0 Å². The SMILES string of the molecule is Cc1ccc(C(O)c2ccccc2Cl)o1. The van der Waals surface area contributed by atoms with Crippen molar-refractivity contribution in [3.05, 3.63) is 58.5 Å². The Balaban J connectivity index is 2.36. The molecule has 0 fully saturated rings. The van der Waals surface area contributed by atoms with Crippen molar-refractivity contribution in [2.24, 2.45) is 0 Å². The predicted octanol–water partition coefficient (Wildman–Crippen LogP) is 3.32. The second kappa shape index (κ2) is 4.09. The normalized spacial score (nSPS) is 12.7. The fraction of sp³-hybridized carbons (Fsp3) is 0.167. The summed E-state index contributed by atoms with van der Waals surface area (Å²) in [6.45, 7) is 1.84. The first kappa shape index (κ1) is 10.3. The Bertz CT molecular complexity index is 462. The van der Waals surface area contributed by atoms with Crippen LogP contribution in [0.5, 0.6) is 0 Å². The molecule has 2 rings (SSSR count). The lowest BCUT2D eigenvalue weighted by Crippen LogP contribution is -1.98. The van der Waals surface area contributed by atoms with Crippen LogP contribution in [0.1, 0.15) is 23.2 Å². The van der Waals surface area contributed by atoms with Gasteiger partial charge in [-0.2, -0.15) is 0 Å². The highest BCUT2D eigenvalue weighted by atomic mass is 35.5. The zero-order valence-electron chi connectivity index (χ0n) is 8.27. The molecule has 1 N–H and O–H groups in total. The Hall–Kier alpha value is -1.25. The lowest BCUT2D eigenvalue weighted by Gasteiger charge is -2.09. The van der Waals surface area contributed by atoms with Crippen LogP contribution in [0.4, 0.5) is 0 Å². The first-order valence-corrected chi connectivity index (χ1v) is 5.05. The minimum absolute atomic E-state index is 0.514. The van der Waals surface area contributed by atoms with E-state index >= 15 is 0 Å². The van der Waals surface area contributed by atoms with Gasteiger partial charge < -0.3 is 9.52 Å². The molecule has 1 heterocycles. The second-order valence-electron chi connectivity index (χ2n) is 3.37. The van der Waals surface area contributed by atoms with E-state index in [1.807, 2.05) is 25.1 Å². The molecule has 0 bridgehead atoms. The van der Waals surface area contributed by atoms with Gasteiger partial charge in [-0.25, -0.2) is 0 Å². The van der Waals surface area contributed by atoms with E-state index in [9.17, 15) is 5.11 Å². The fourth-order valence-corrected chi connectivity index (χ4v) is 1.69. The van der Waals surface area contributed by atoms with E-state index in [2.05, 4.69) is 0 Å². The van der Waals surface area contributed by atoms with Crippen LogP contribution >= 0.6 is 11.6 Å². The highest BCUT2D eigenvalue weighted by Crippen LogP contribution is 2.28. The Labute approximate surface area is 93.1 Å². The molecular formula is C12H11ClO2. The van der Waals surface area contributed by atoms with Crippen LogP contribution in [0.15, 0.2) is 40.8 Å². The van der Waals surface area contributed by atoms with E-state index < -0.39 is 6.10 Å². The lowest BCUT2D eigenvalue weighted by molar-refractivity contribution is 0.188. The minimum Gasteiger partial charge on any atom is -0.463 e. The summed E-state index contributed by atoms with van der Waals surface area (Å²) in [5.74, 6) is 1.29. The van der Waals surface area contributed by atoms with Crippen LogP contribution in [-0.2, 0) is 0 Å². The van der Waals surface area contributed by atoms with Crippen molar-refractivity contribution in [3.8, 4) is 0 Å². The molecule has 0 aliphatic carbocycles. The van der Waals surface area contributed by atoms with E-state index in [1.165, 1.54) is 0 Å². The van der Waals surface area contributed by atoms with Gasteiger partial charge in [0, 0.05) is 10.6 Å². The summed E-state index contributed by atoms with van der Waals surface area (Å²) < 4.78 is 5.35. The van der Waals surface area contributed by atoms with Gasteiger partial charge in [0.25, 0.3) is 0 Å². The number of furan rings is 1. The number of benzene rings is 1. The summed E-state index contributed by atoms with van der Waals surface area (Å²) in [5.41, 5.74) is 0.661. The number of aryl methyl sites for hydroxylation is 1. The van der Waals surface area contributed by atoms with Crippen LogP contribution in [0.2, 0.25) is 5.02 Å². The van der Waals surface area contributed by atoms with Gasteiger partial charge >= 0.3 is 0 Å². The molecule has 0 aliphatic rings. The quantitative estimate of drug-likeness (QED) is 0.846. The van der Waals surface area contributed by atoms with Gasteiger partial charge in [0.15, 0.2) is 0 Å². The van der Waals surface area contributed by atoms with Crippen molar-refractivity contribution < 1.29 is 9.52 Å². The van der Waals surface area contributed by atoms with Gasteiger partial charge in [-0.3, -0.25) is 0 Å². The van der Waals surface area contributed by atoms with Crippen molar-refractivity contribution in [2.75, 3.05) is 0 Å². The van der Waals surface area contributed by atoms with Gasteiger partial charge in [0.1, 0.15) is 17.6 Å². The molecule has 1 unspecified atom stereocenters. The van der Waals surface area contributed by atoms with Crippen molar-refractivity contribution in [1.82, 2.24) is 0 Å². The van der Waals surface area contributed by atoms with Crippen LogP contribution in [0.3, 0.4) is 0 Å². The molecule has 1 aromatic carbocycles. The maximum Gasteiger partial charge on any atom is 0.138 e. The number of hydrogen-bond acceptors (Lipinski definition) is 2. The third-order valence-corrected chi connectivity index (χ3v) is 2.57. The molecular weight excluding hydrogens is 212 g/mol. The number of halogens is 1. The molecule has 0 saturated heterocycles. The highest BCUT2D eigenvalue weighted by Gasteiger charge is 2.16. The number of rotatable bonds is 2.